The summed E-state index contributed by atoms with van der Waals surface area (Å²) in [6.45, 7) is 8.94. The molecule has 0 radical (unpaired) electrons. The van der Waals surface area contributed by atoms with E-state index >= 15 is 0 Å². The second kappa shape index (κ2) is 15.5. The maximum atomic E-state index is 13.7. The Balaban J connectivity index is 1.36. The van der Waals surface area contributed by atoms with Crippen molar-refractivity contribution in [1.29, 1.82) is 0 Å². The van der Waals surface area contributed by atoms with Gasteiger partial charge in [-0.2, -0.15) is 5.10 Å². The maximum Gasteiger partial charge on any atom is 0.258 e. The molecule has 0 aliphatic carbocycles. The van der Waals surface area contributed by atoms with E-state index in [4.69, 9.17) is 4.74 Å². The van der Waals surface area contributed by atoms with Crippen LogP contribution in [0.25, 0.3) is 5.69 Å². The number of hydrogen-bond acceptors (Lipinski definition) is 7. The summed E-state index contributed by atoms with van der Waals surface area (Å²) in [4.78, 5) is 68.5. The minimum Gasteiger partial charge on any atom is -0.484 e. The van der Waals surface area contributed by atoms with E-state index in [0.717, 1.165) is 11.3 Å². The Hall–Kier alpha value is -5.27. The molecule has 0 spiro atoms. The summed E-state index contributed by atoms with van der Waals surface area (Å²) in [5, 5.41) is 15.8. The lowest BCUT2D eigenvalue weighted by Gasteiger charge is -2.31. The fraction of sp³-hybridized carbons (Fsp3) is 0.444. The molecule has 14 heteroatoms. The molecule has 4 heterocycles. The molecule has 0 unspecified atom stereocenters. The van der Waals surface area contributed by atoms with Crippen LogP contribution in [0.3, 0.4) is 0 Å². The van der Waals surface area contributed by atoms with E-state index in [9.17, 15) is 28.4 Å². The zero-order valence-corrected chi connectivity index (χ0v) is 28.9. The van der Waals surface area contributed by atoms with E-state index in [0.29, 0.717) is 42.1 Å². The monoisotopic (exact) mass is 689 g/mol. The maximum absolute atomic E-state index is 13.7. The number of halogens is 1. The Kier molecular flexibility index (Phi) is 11.2. The number of nitrogens with one attached hydrogen (secondary N) is 4. The van der Waals surface area contributed by atoms with Gasteiger partial charge in [0.1, 0.15) is 35.7 Å². The quantitative estimate of drug-likeness (QED) is 0.319. The fourth-order valence-electron chi connectivity index (χ4n) is 6.26. The van der Waals surface area contributed by atoms with Gasteiger partial charge in [-0.1, -0.05) is 26.0 Å². The first-order valence-electron chi connectivity index (χ1n) is 16.8. The molecule has 266 valence electrons. The summed E-state index contributed by atoms with van der Waals surface area (Å²) in [6.07, 6.45) is 1.11. The Morgan fingerprint density at radius 1 is 1.00 bits per heavy atom. The lowest BCUT2D eigenvalue weighted by molar-refractivity contribution is -0.143. The van der Waals surface area contributed by atoms with Crippen molar-refractivity contribution < 1.29 is 33.1 Å². The lowest BCUT2D eigenvalue weighted by atomic mass is 10.0. The highest BCUT2D eigenvalue weighted by Gasteiger charge is 2.39. The predicted octanol–water partition coefficient (Wildman–Crippen LogP) is 2.00. The van der Waals surface area contributed by atoms with Crippen molar-refractivity contribution in [3.8, 4) is 11.4 Å². The molecule has 1 fully saturated rings. The number of nitrogens with zero attached hydrogens (tertiary/aromatic N) is 3. The Labute approximate surface area is 290 Å². The Morgan fingerprint density at radius 2 is 1.70 bits per heavy atom. The van der Waals surface area contributed by atoms with Gasteiger partial charge in [0.2, 0.25) is 23.6 Å². The van der Waals surface area contributed by atoms with Gasteiger partial charge in [0.25, 0.3) is 5.91 Å². The first-order chi connectivity index (χ1) is 23.8. The topological polar surface area (TPSA) is 164 Å². The number of aromatic nitrogens is 2. The second-order valence-corrected chi connectivity index (χ2v) is 13.2. The number of carbonyl (C=O) groups is 5. The highest BCUT2D eigenvalue weighted by atomic mass is 19.1. The third-order valence-electron chi connectivity index (χ3n) is 9.16. The van der Waals surface area contributed by atoms with Crippen molar-refractivity contribution in [2.45, 2.75) is 84.6 Å². The van der Waals surface area contributed by atoms with Gasteiger partial charge in [0.05, 0.1) is 11.4 Å². The van der Waals surface area contributed by atoms with Crippen LogP contribution in [-0.4, -0.2) is 81.5 Å². The van der Waals surface area contributed by atoms with Crippen LogP contribution < -0.4 is 26.0 Å². The van der Waals surface area contributed by atoms with Crippen LogP contribution in [0.5, 0.6) is 5.75 Å². The van der Waals surface area contributed by atoms with Gasteiger partial charge >= 0.3 is 0 Å². The summed E-state index contributed by atoms with van der Waals surface area (Å²) in [5.41, 5.74) is 3.59. The molecule has 3 aliphatic heterocycles. The number of ether oxygens (including phenoxy) is 1. The van der Waals surface area contributed by atoms with Gasteiger partial charge in [-0.3, -0.25) is 24.0 Å². The van der Waals surface area contributed by atoms with Crippen LogP contribution in [0.15, 0.2) is 48.5 Å². The average Bonchev–Trinajstić information content (AvgIpc) is 3.69. The number of benzene rings is 2. The molecule has 13 nitrogen and oxygen atoms in total. The molecule has 6 rings (SSSR count). The van der Waals surface area contributed by atoms with E-state index in [1.165, 1.54) is 24.0 Å². The summed E-state index contributed by atoms with van der Waals surface area (Å²) < 4.78 is 20.9. The molecule has 1 saturated heterocycles. The molecule has 1 aromatic heterocycles. The molecule has 5 amide bonds. The summed E-state index contributed by atoms with van der Waals surface area (Å²) in [5.74, 6) is -2.59. The van der Waals surface area contributed by atoms with Gasteiger partial charge in [-0.05, 0) is 81.5 Å². The number of amides is 5. The SMILES string of the molecule is Cc1nn(-c2ccc(F)cc2)c(C)c1CNC(=O)[C@H]1Cc2ccc(cc2)OCC(=O)N[C@H](C(C)C)C(=O)N2CCC[C@H]2C(=O)N[C@@H](C)C(=O)N1. The first kappa shape index (κ1) is 36.0. The molecular weight excluding hydrogens is 645 g/mol. The summed E-state index contributed by atoms with van der Waals surface area (Å²) >= 11 is 0. The minimum atomic E-state index is -1.02. The van der Waals surface area contributed by atoms with Crippen LogP contribution in [-0.2, 0) is 36.9 Å². The first-order valence-corrected chi connectivity index (χ1v) is 16.8. The minimum absolute atomic E-state index is 0.118. The number of rotatable bonds is 5. The third kappa shape index (κ3) is 8.29. The van der Waals surface area contributed by atoms with E-state index < -0.39 is 47.8 Å². The highest BCUT2D eigenvalue weighted by Crippen LogP contribution is 2.22. The molecule has 4 atom stereocenters. The predicted molar refractivity (Wildman–Crippen MR) is 182 cm³/mol. The zero-order valence-electron chi connectivity index (χ0n) is 28.9. The van der Waals surface area contributed by atoms with Crippen LogP contribution in [0, 0.1) is 25.6 Å². The zero-order chi connectivity index (χ0) is 36.1. The van der Waals surface area contributed by atoms with Gasteiger partial charge < -0.3 is 30.9 Å². The lowest BCUT2D eigenvalue weighted by Crippen LogP contribution is -2.58. The van der Waals surface area contributed by atoms with Crippen LogP contribution >= 0.6 is 0 Å². The summed E-state index contributed by atoms with van der Waals surface area (Å²) in [7, 11) is 0. The summed E-state index contributed by atoms with van der Waals surface area (Å²) in [6, 6.07) is 8.99. The van der Waals surface area contributed by atoms with Crippen molar-refractivity contribution in [1.82, 2.24) is 35.9 Å². The molecule has 0 saturated carbocycles. The average molecular weight is 690 g/mol. The largest absolute Gasteiger partial charge is 0.484 e. The van der Waals surface area contributed by atoms with E-state index in [1.54, 1.807) is 41.1 Å². The van der Waals surface area contributed by atoms with E-state index in [2.05, 4.69) is 26.4 Å². The Bertz CT molecular complexity index is 1740. The van der Waals surface area contributed by atoms with Crippen molar-refractivity contribution in [2.24, 2.45) is 5.92 Å². The van der Waals surface area contributed by atoms with Crippen molar-refractivity contribution >= 4 is 29.5 Å². The molecule has 4 N–H and O–H groups in total. The van der Waals surface area contributed by atoms with Gasteiger partial charge in [-0.15, -0.1) is 0 Å². The van der Waals surface area contributed by atoms with Crippen molar-refractivity contribution in [2.75, 3.05) is 13.2 Å². The molecule has 3 aliphatic rings. The second-order valence-electron chi connectivity index (χ2n) is 13.2. The Morgan fingerprint density at radius 3 is 2.38 bits per heavy atom. The molecule has 50 heavy (non-hydrogen) atoms. The van der Waals surface area contributed by atoms with Gasteiger partial charge in [0, 0.05) is 30.8 Å². The van der Waals surface area contributed by atoms with E-state index in [1.807, 2.05) is 27.7 Å². The smallest absolute Gasteiger partial charge is 0.258 e. The molecule has 2 aromatic carbocycles. The molecule has 2 bridgehead atoms. The molecular formula is C36H44FN7O6. The normalized spacial score (nSPS) is 22.1. The number of hydrogen-bond donors (Lipinski definition) is 4. The fourth-order valence-corrected chi connectivity index (χ4v) is 6.26. The van der Waals surface area contributed by atoms with Crippen LogP contribution in [0.4, 0.5) is 4.39 Å². The van der Waals surface area contributed by atoms with Crippen LogP contribution in [0.2, 0.25) is 0 Å². The standard InChI is InChI=1S/C36H44FN7O6/c1-20(2)32-36(49)43-16-6-7-30(43)35(48)39-22(4)33(46)40-29(17-24-8-14-27(15-9-24)50-19-31(45)41-32)34(47)38-18-28-21(3)42-44(23(28)5)26-12-10-25(37)11-13-26/h8-15,20,22,29-30,32H,6-7,16-19H2,1-5H3,(H,38,47)(H,39,48)(H,40,46)(H,41,45)/t22-,29+,30-,32+/m0/s1. The number of fused-ring (bicyclic) bond motifs is 13. The highest BCUT2D eigenvalue weighted by molar-refractivity contribution is 5.96. The number of carbonyl (C=O) groups excluding carboxylic acids is 5. The number of aryl methyl sites for hydroxylation is 1. The van der Waals surface area contributed by atoms with Gasteiger partial charge in [0.15, 0.2) is 6.61 Å². The van der Waals surface area contributed by atoms with Crippen molar-refractivity contribution in [3.63, 3.8) is 0 Å². The molecule has 3 aromatic rings. The van der Waals surface area contributed by atoms with Crippen LogP contribution in [0.1, 0.15) is 56.1 Å². The van der Waals surface area contributed by atoms with Crippen molar-refractivity contribution in [3.05, 3.63) is 76.9 Å². The van der Waals surface area contributed by atoms with Gasteiger partial charge in [-0.25, -0.2) is 9.07 Å². The van der Waals surface area contributed by atoms with E-state index in [-0.39, 0.29) is 37.2 Å². The third-order valence-corrected chi connectivity index (χ3v) is 9.16.